The summed E-state index contributed by atoms with van der Waals surface area (Å²) in [7, 11) is 0. The van der Waals surface area contributed by atoms with Crippen LogP contribution in [-0.4, -0.2) is 14.9 Å². The SMILES string of the molecule is O=[N+]([O-])c1c(Cl)ncnc1Oc1cc(Cl)c(Br)cc1Cl. The molecule has 0 saturated heterocycles. The third-order valence-electron chi connectivity index (χ3n) is 2.11. The number of rotatable bonds is 3. The van der Waals surface area contributed by atoms with E-state index < -0.39 is 10.6 Å². The van der Waals surface area contributed by atoms with Crippen molar-refractivity contribution in [3.8, 4) is 11.6 Å². The van der Waals surface area contributed by atoms with Gasteiger partial charge < -0.3 is 4.74 Å². The fraction of sp³-hybridized carbons (Fsp3) is 0. The van der Waals surface area contributed by atoms with Crippen molar-refractivity contribution in [2.75, 3.05) is 0 Å². The van der Waals surface area contributed by atoms with Crippen molar-refractivity contribution in [3.05, 3.63) is 48.2 Å². The first-order valence-electron chi connectivity index (χ1n) is 4.87. The lowest BCUT2D eigenvalue weighted by molar-refractivity contribution is -0.386. The van der Waals surface area contributed by atoms with Gasteiger partial charge in [-0.3, -0.25) is 10.1 Å². The van der Waals surface area contributed by atoms with Crippen molar-refractivity contribution in [2.24, 2.45) is 0 Å². The predicted molar refractivity (Wildman–Crippen MR) is 77.9 cm³/mol. The summed E-state index contributed by atoms with van der Waals surface area (Å²) < 4.78 is 5.87. The minimum absolute atomic E-state index is 0.109. The van der Waals surface area contributed by atoms with Crippen molar-refractivity contribution in [3.63, 3.8) is 0 Å². The molecule has 2 rings (SSSR count). The highest BCUT2D eigenvalue weighted by molar-refractivity contribution is 9.10. The van der Waals surface area contributed by atoms with Gasteiger partial charge in [-0.2, -0.15) is 4.98 Å². The molecule has 0 aliphatic rings. The molecule has 0 bridgehead atoms. The molecule has 104 valence electrons. The first kappa shape index (κ1) is 15.2. The van der Waals surface area contributed by atoms with E-state index in [-0.39, 0.29) is 21.8 Å². The number of hydrogen-bond acceptors (Lipinski definition) is 5. The summed E-state index contributed by atoms with van der Waals surface area (Å²) in [5.41, 5.74) is -0.552. The van der Waals surface area contributed by atoms with E-state index in [9.17, 15) is 10.1 Å². The lowest BCUT2D eigenvalue weighted by atomic mass is 10.3. The number of ether oxygens (including phenoxy) is 1. The molecule has 1 heterocycles. The molecular formula is C10H3BrCl3N3O3. The molecule has 0 fully saturated rings. The predicted octanol–water partition coefficient (Wildman–Crippen LogP) is 4.90. The summed E-state index contributed by atoms with van der Waals surface area (Å²) in [6.45, 7) is 0. The summed E-state index contributed by atoms with van der Waals surface area (Å²) in [6.07, 6.45) is 1.04. The minimum atomic E-state index is -0.744. The maximum atomic E-state index is 10.9. The maximum Gasteiger partial charge on any atom is 0.368 e. The van der Waals surface area contributed by atoms with Gasteiger partial charge in [-0.1, -0.05) is 34.8 Å². The van der Waals surface area contributed by atoms with Gasteiger partial charge in [-0.15, -0.1) is 0 Å². The van der Waals surface area contributed by atoms with Crippen LogP contribution in [0.15, 0.2) is 22.9 Å². The molecule has 0 atom stereocenters. The number of halogens is 4. The van der Waals surface area contributed by atoms with E-state index >= 15 is 0 Å². The average Bonchev–Trinajstić information content (AvgIpc) is 2.35. The zero-order valence-corrected chi connectivity index (χ0v) is 13.2. The van der Waals surface area contributed by atoms with Gasteiger partial charge in [-0.05, 0) is 22.0 Å². The molecule has 0 N–H and O–H groups in total. The topological polar surface area (TPSA) is 78.2 Å². The van der Waals surface area contributed by atoms with Gasteiger partial charge in [0.15, 0.2) is 0 Å². The number of benzene rings is 1. The zero-order valence-electron chi connectivity index (χ0n) is 9.31. The molecule has 0 radical (unpaired) electrons. The fourth-order valence-corrected chi connectivity index (χ4v) is 2.28. The van der Waals surface area contributed by atoms with Crippen molar-refractivity contribution in [1.29, 1.82) is 0 Å². The van der Waals surface area contributed by atoms with Gasteiger partial charge in [0.1, 0.15) is 12.1 Å². The van der Waals surface area contributed by atoms with Gasteiger partial charge in [0.05, 0.1) is 15.0 Å². The van der Waals surface area contributed by atoms with Crippen LogP contribution in [0.3, 0.4) is 0 Å². The molecular weight excluding hydrogens is 396 g/mol. The maximum absolute atomic E-state index is 10.9. The molecule has 0 aliphatic heterocycles. The first-order chi connectivity index (χ1) is 9.40. The first-order valence-corrected chi connectivity index (χ1v) is 6.80. The second-order valence-electron chi connectivity index (χ2n) is 3.37. The normalized spacial score (nSPS) is 10.4. The molecule has 0 amide bonds. The summed E-state index contributed by atoms with van der Waals surface area (Å²) >= 11 is 20.7. The Morgan fingerprint density at radius 2 is 1.90 bits per heavy atom. The third kappa shape index (κ3) is 3.12. The lowest BCUT2D eigenvalue weighted by Crippen LogP contribution is -1.98. The van der Waals surface area contributed by atoms with Crippen molar-refractivity contribution >= 4 is 56.4 Å². The van der Waals surface area contributed by atoms with Crippen LogP contribution in [0.1, 0.15) is 0 Å². The van der Waals surface area contributed by atoms with Crippen LogP contribution < -0.4 is 4.74 Å². The summed E-state index contributed by atoms with van der Waals surface area (Å²) in [5, 5.41) is 11.1. The summed E-state index contributed by atoms with van der Waals surface area (Å²) in [6, 6.07) is 2.89. The van der Waals surface area contributed by atoms with E-state index in [1.54, 1.807) is 0 Å². The van der Waals surface area contributed by atoms with Crippen LogP contribution in [0, 0.1) is 10.1 Å². The number of hydrogen-bond donors (Lipinski definition) is 0. The molecule has 20 heavy (non-hydrogen) atoms. The van der Waals surface area contributed by atoms with Crippen LogP contribution in [0.4, 0.5) is 5.69 Å². The van der Waals surface area contributed by atoms with E-state index in [2.05, 4.69) is 25.9 Å². The van der Waals surface area contributed by atoms with E-state index in [1.807, 2.05) is 0 Å². The zero-order chi connectivity index (χ0) is 14.9. The highest BCUT2D eigenvalue weighted by Gasteiger charge is 2.24. The van der Waals surface area contributed by atoms with E-state index in [0.717, 1.165) is 6.33 Å². The van der Waals surface area contributed by atoms with Gasteiger partial charge in [0.25, 0.3) is 0 Å². The van der Waals surface area contributed by atoms with Crippen LogP contribution in [0.25, 0.3) is 0 Å². The number of nitrogens with zero attached hydrogens (tertiary/aromatic N) is 3. The summed E-state index contributed by atoms with van der Waals surface area (Å²) in [5.74, 6) is -0.215. The fourth-order valence-electron chi connectivity index (χ4n) is 1.26. The molecule has 0 spiro atoms. The Morgan fingerprint density at radius 3 is 2.55 bits per heavy atom. The van der Waals surface area contributed by atoms with E-state index in [0.29, 0.717) is 9.50 Å². The van der Waals surface area contributed by atoms with Crippen LogP contribution in [0.2, 0.25) is 15.2 Å². The molecule has 0 unspecified atom stereocenters. The van der Waals surface area contributed by atoms with Crippen LogP contribution >= 0.6 is 50.7 Å². The molecule has 10 heteroatoms. The van der Waals surface area contributed by atoms with Crippen molar-refractivity contribution in [2.45, 2.75) is 0 Å². The highest BCUT2D eigenvalue weighted by atomic mass is 79.9. The molecule has 6 nitrogen and oxygen atoms in total. The molecule has 0 aliphatic carbocycles. The Balaban J connectivity index is 2.48. The minimum Gasteiger partial charge on any atom is -0.432 e. The van der Waals surface area contributed by atoms with Crippen molar-refractivity contribution < 1.29 is 9.66 Å². The Labute approximate surface area is 135 Å². The Morgan fingerprint density at radius 1 is 1.20 bits per heavy atom. The van der Waals surface area contributed by atoms with Crippen LogP contribution in [-0.2, 0) is 0 Å². The van der Waals surface area contributed by atoms with Gasteiger partial charge in [-0.25, -0.2) is 4.98 Å². The molecule has 1 aromatic carbocycles. The molecule has 2 aromatic rings. The molecule has 1 aromatic heterocycles. The van der Waals surface area contributed by atoms with Gasteiger partial charge >= 0.3 is 11.6 Å². The Bertz CT molecular complexity index is 699. The van der Waals surface area contributed by atoms with Gasteiger partial charge in [0, 0.05) is 10.5 Å². The number of nitro groups is 1. The summed E-state index contributed by atoms with van der Waals surface area (Å²) in [4.78, 5) is 17.4. The lowest BCUT2D eigenvalue weighted by Gasteiger charge is -2.08. The molecule has 0 saturated carbocycles. The standard InChI is InChI=1S/C10H3BrCl3N3O3/c11-4-1-6(13)7(2-5(4)12)20-10-8(17(18)19)9(14)15-3-16-10/h1-3H. The largest absolute Gasteiger partial charge is 0.432 e. The van der Waals surface area contributed by atoms with Gasteiger partial charge in [0.2, 0.25) is 5.15 Å². The third-order valence-corrected chi connectivity index (χ3v) is 3.88. The smallest absolute Gasteiger partial charge is 0.368 e. The Kier molecular flexibility index (Phi) is 4.64. The quantitative estimate of drug-likeness (QED) is 0.317. The second-order valence-corrected chi connectivity index (χ2v) is 5.40. The average molecular weight is 399 g/mol. The Hall–Kier alpha value is -1.15. The van der Waals surface area contributed by atoms with Crippen molar-refractivity contribution in [1.82, 2.24) is 9.97 Å². The van der Waals surface area contributed by atoms with E-state index in [1.165, 1.54) is 12.1 Å². The van der Waals surface area contributed by atoms with E-state index in [4.69, 9.17) is 39.5 Å². The highest BCUT2D eigenvalue weighted by Crippen LogP contribution is 2.39. The van der Waals surface area contributed by atoms with Crippen LogP contribution in [0.5, 0.6) is 11.6 Å². The number of aromatic nitrogens is 2. The second kappa shape index (κ2) is 6.09. The monoisotopic (exact) mass is 397 g/mol.